The highest BCUT2D eigenvalue weighted by atomic mass is 16.2. The van der Waals surface area contributed by atoms with Gasteiger partial charge in [0.05, 0.1) is 11.4 Å². The molecule has 1 fully saturated rings. The number of para-hydroxylation sites is 2. The number of carbonyl (C=O) groups is 1. The molecule has 0 bridgehead atoms. The first-order valence-corrected chi connectivity index (χ1v) is 7.63. The SMILES string of the molecule is CCCN(C(=O)C1CCCC1(C)C)c1ccccc1N. The fourth-order valence-corrected chi connectivity index (χ4v) is 3.28. The van der Waals surface area contributed by atoms with Gasteiger partial charge in [0.15, 0.2) is 0 Å². The molecule has 0 radical (unpaired) electrons. The molecule has 3 nitrogen and oxygen atoms in total. The predicted molar refractivity (Wildman–Crippen MR) is 84.6 cm³/mol. The molecule has 1 aliphatic rings. The van der Waals surface area contributed by atoms with Gasteiger partial charge in [0.25, 0.3) is 0 Å². The van der Waals surface area contributed by atoms with E-state index >= 15 is 0 Å². The van der Waals surface area contributed by atoms with Gasteiger partial charge in [-0.15, -0.1) is 0 Å². The van der Waals surface area contributed by atoms with E-state index in [0.29, 0.717) is 5.69 Å². The smallest absolute Gasteiger partial charge is 0.230 e. The summed E-state index contributed by atoms with van der Waals surface area (Å²) in [4.78, 5) is 14.9. The lowest BCUT2D eigenvalue weighted by Gasteiger charge is -2.32. The molecule has 1 amide bonds. The van der Waals surface area contributed by atoms with Gasteiger partial charge in [-0.05, 0) is 36.8 Å². The summed E-state index contributed by atoms with van der Waals surface area (Å²) in [5.41, 5.74) is 7.71. The lowest BCUT2D eigenvalue weighted by Crippen LogP contribution is -2.41. The fourth-order valence-electron chi connectivity index (χ4n) is 3.28. The van der Waals surface area contributed by atoms with Crippen molar-refractivity contribution in [2.24, 2.45) is 11.3 Å². The average Bonchev–Trinajstić information content (AvgIpc) is 2.76. The van der Waals surface area contributed by atoms with Crippen molar-refractivity contribution in [2.45, 2.75) is 46.5 Å². The summed E-state index contributed by atoms with van der Waals surface area (Å²) >= 11 is 0. The lowest BCUT2D eigenvalue weighted by atomic mass is 9.81. The van der Waals surface area contributed by atoms with Crippen molar-refractivity contribution in [3.8, 4) is 0 Å². The zero-order chi connectivity index (χ0) is 14.8. The maximum absolute atomic E-state index is 13.0. The van der Waals surface area contributed by atoms with Gasteiger partial charge in [0, 0.05) is 12.5 Å². The molecule has 0 aliphatic heterocycles. The normalized spacial score (nSPS) is 20.9. The van der Waals surface area contributed by atoms with Crippen LogP contribution in [0.25, 0.3) is 0 Å². The molecule has 0 spiro atoms. The molecule has 1 atom stereocenters. The second kappa shape index (κ2) is 5.86. The van der Waals surface area contributed by atoms with Crippen LogP contribution in [0.5, 0.6) is 0 Å². The predicted octanol–water partition coefficient (Wildman–Crippen LogP) is 3.84. The summed E-state index contributed by atoms with van der Waals surface area (Å²) < 4.78 is 0. The van der Waals surface area contributed by atoms with Gasteiger partial charge in [-0.3, -0.25) is 4.79 Å². The van der Waals surface area contributed by atoms with E-state index in [4.69, 9.17) is 5.73 Å². The van der Waals surface area contributed by atoms with Crippen LogP contribution in [0, 0.1) is 11.3 Å². The molecule has 0 aromatic heterocycles. The summed E-state index contributed by atoms with van der Waals surface area (Å²) in [5.74, 6) is 0.362. The minimum absolute atomic E-state index is 0.104. The van der Waals surface area contributed by atoms with E-state index in [0.717, 1.165) is 37.9 Å². The number of amides is 1. The van der Waals surface area contributed by atoms with Crippen LogP contribution in [-0.4, -0.2) is 12.5 Å². The number of hydrogen-bond donors (Lipinski definition) is 1. The molecule has 0 heterocycles. The van der Waals surface area contributed by atoms with Crippen LogP contribution in [0.15, 0.2) is 24.3 Å². The van der Waals surface area contributed by atoms with Crippen molar-refractivity contribution >= 4 is 17.3 Å². The number of hydrogen-bond acceptors (Lipinski definition) is 2. The summed E-state index contributed by atoms with van der Waals surface area (Å²) in [5, 5.41) is 0. The summed E-state index contributed by atoms with van der Waals surface area (Å²) in [6.45, 7) is 7.25. The Hall–Kier alpha value is -1.51. The van der Waals surface area contributed by atoms with E-state index < -0.39 is 0 Å². The molecule has 2 N–H and O–H groups in total. The van der Waals surface area contributed by atoms with Gasteiger partial charge in [0.2, 0.25) is 5.91 Å². The summed E-state index contributed by atoms with van der Waals surface area (Å²) in [6, 6.07) is 7.67. The lowest BCUT2D eigenvalue weighted by molar-refractivity contribution is -0.124. The molecule has 2 rings (SSSR count). The Morgan fingerprint density at radius 1 is 1.40 bits per heavy atom. The molecule has 1 aromatic carbocycles. The zero-order valence-corrected chi connectivity index (χ0v) is 12.9. The van der Waals surface area contributed by atoms with E-state index in [9.17, 15) is 4.79 Å². The van der Waals surface area contributed by atoms with E-state index in [-0.39, 0.29) is 17.2 Å². The second-order valence-corrected chi connectivity index (χ2v) is 6.48. The Morgan fingerprint density at radius 3 is 2.65 bits per heavy atom. The maximum atomic E-state index is 13.0. The van der Waals surface area contributed by atoms with Crippen molar-refractivity contribution in [3.63, 3.8) is 0 Å². The van der Waals surface area contributed by atoms with Gasteiger partial charge in [-0.2, -0.15) is 0 Å². The molecule has 1 saturated carbocycles. The van der Waals surface area contributed by atoms with Gasteiger partial charge < -0.3 is 10.6 Å². The number of benzene rings is 1. The minimum Gasteiger partial charge on any atom is -0.397 e. The quantitative estimate of drug-likeness (QED) is 0.848. The highest BCUT2D eigenvalue weighted by Gasteiger charge is 2.41. The largest absolute Gasteiger partial charge is 0.397 e. The molecule has 110 valence electrons. The summed E-state index contributed by atoms with van der Waals surface area (Å²) in [6.07, 6.45) is 4.22. The number of nitrogen functional groups attached to an aromatic ring is 1. The highest BCUT2D eigenvalue weighted by Crippen LogP contribution is 2.44. The Kier molecular flexibility index (Phi) is 4.36. The monoisotopic (exact) mass is 274 g/mol. The number of nitrogens with two attached hydrogens (primary N) is 1. The average molecular weight is 274 g/mol. The van der Waals surface area contributed by atoms with E-state index in [2.05, 4.69) is 20.8 Å². The van der Waals surface area contributed by atoms with Crippen molar-refractivity contribution < 1.29 is 4.79 Å². The first-order chi connectivity index (χ1) is 9.47. The highest BCUT2D eigenvalue weighted by molar-refractivity contribution is 5.98. The zero-order valence-electron chi connectivity index (χ0n) is 12.9. The van der Waals surface area contributed by atoms with Gasteiger partial charge in [-0.1, -0.05) is 39.3 Å². The van der Waals surface area contributed by atoms with E-state index in [1.165, 1.54) is 0 Å². The van der Waals surface area contributed by atoms with Gasteiger partial charge in [0.1, 0.15) is 0 Å². The van der Waals surface area contributed by atoms with Gasteiger partial charge in [-0.25, -0.2) is 0 Å². The van der Waals surface area contributed by atoms with Crippen LogP contribution < -0.4 is 10.6 Å². The third kappa shape index (κ3) is 2.82. The van der Waals surface area contributed by atoms with Crippen LogP contribution in [-0.2, 0) is 4.79 Å². The number of carbonyl (C=O) groups excluding carboxylic acids is 1. The maximum Gasteiger partial charge on any atom is 0.230 e. The minimum atomic E-state index is 0.104. The van der Waals surface area contributed by atoms with Crippen molar-refractivity contribution in [3.05, 3.63) is 24.3 Å². The van der Waals surface area contributed by atoms with Crippen molar-refractivity contribution in [1.29, 1.82) is 0 Å². The molecule has 1 aromatic rings. The topological polar surface area (TPSA) is 46.3 Å². The van der Waals surface area contributed by atoms with Gasteiger partial charge >= 0.3 is 0 Å². The Balaban J connectivity index is 2.29. The Bertz CT molecular complexity index is 482. The van der Waals surface area contributed by atoms with Crippen molar-refractivity contribution in [2.75, 3.05) is 17.2 Å². The number of anilines is 2. The standard InChI is InChI=1S/C17H26N2O/c1-4-12-19(15-10-6-5-9-14(15)18)16(20)13-8-7-11-17(13,2)3/h5-6,9-10,13H,4,7-8,11-12,18H2,1-3H3. The van der Waals surface area contributed by atoms with Crippen molar-refractivity contribution in [1.82, 2.24) is 0 Å². The number of rotatable bonds is 4. The first kappa shape index (κ1) is 14.9. The molecule has 1 unspecified atom stereocenters. The Labute approximate surface area is 122 Å². The fraction of sp³-hybridized carbons (Fsp3) is 0.588. The molecular formula is C17H26N2O. The molecule has 0 saturated heterocycles. The third-order valence-electron chi connectivity index (χ3n) is 4.50. The van der Waals surface area contributed by atoms with E-state index in [1.54, 1.807) is 0 Å². The second-order valence-electron chi connectivity index (χ2n) is 6.48. The van der Waals surface area contributed by atoms with Crippen LogP contribution in [0.1, 0.15) is 46.5 Å². The number of nitrogens with zero attached hydrogens (tertiary/aromatic N) is 1. The first-order valence-electron chi connectivity index (χ1n) is 7.63. The molecular weight excluding hydrogens is 248 g/mol. The summed E-state index contributed by atoms with van der Waals surface area (Å²) in [7, 11) is 0. The third-order valence-corrected chi connectivity index (χ3v) is 4.50. The molecule has 1 aliphatic carbocycles. The van der Waals surface area contributed by atoms with Crippen LogP contribution in [0.2, 0.25) is 0 Å². The van der Waals surface area contributed by atoms with E-state index in [1.807, 2.05) is 29.2 Å². The Morgan fingerprint density at radius 2 is 2.10 bits per heavy atom. The van der Waals surface area contributed by atoms with Crippen LogP contribution in [0.3, 0.4) is 0 Å². The molecule has 20 heavy (non-hydrogen) atoms. The van der Waals surface area contributed by atoms with Crippen LogP contribution in [0.4, 0.5) is 11.4 Å². The molecule has 3 heteroatoms. The van der Waals surface area contributed by atoms with Crippen LogP contribution >= 0.6 is 0 Å².